The maximum absolute atomic E-state index is 7.10. The Morgan fingerprint density at radius 2 is 1.11 bits per heavy atom. The van der Waals surface area contributed by atoms with Crippen LogP contribution in [0.5, 0.6) is 0 Å². The SMILES string of the molecule is C(=N/NC1=NCCN1)/c1c2ccccc2c(/C=N\NC2=NCCN2)c2ccccc12.Cl.Cl.N#CN. The number of rotatable bonds is 4. The zero-order chi connectivity index (χ0) is 22.9. The Bertz CT molecular complexity index is 1160. The Morgan fingerprint density at radius 1 is 0.771 bits per heavy atom. The summed E-state index contributed by atoms with van der Waals surface area (Å²) in [5.41, 5.74) is 12.2. The number of nitrogens with one attached hydrogen (secondary N) is 4. The smallest absolute Gasteiger partial charge is 0.212 e. The van der Waals surface area contributed by atoms with Crippen molar-refractivity contribution in [1.29, 1.82) is 5.26 Å². The van der Waals surface area contributed by atoms with E-state index in [0.717, 1.165) is 58.9 Å². The van der Waals surface area contributed by atoms with Crippen LogP contribution in [0, 0.1) is 11.5 Å². The molecule has 3 aromatic rings. The molecule has 0 amide bonds. The maximum Gasteiger partial charge on any atom is 0.212 e. The van der Waals surface area contributed by atoms with E-state index < -0.39 is 0 Å². The predicted molar refractivity (Wildman–Crippen MR) is 148 cm³/mol. The monoisotopic (exact) mass is 512 g/mol. The van der Waals surface area contributed by atoms with Crippen molar-refractivity contribution < 1.29 is 0 Å². The average molecular weight is 513 g/mol. The number of nitrogens with zero attached hydrogens (tertiary/aromatic N) is 5. The number of halogens is 2. The second kappa shape index (κ2) is 13.6. The van der Waals surface area contributed by atoms with Crippen molar-refractivity contribution in [1.82, 2.24) is 21.5 Å². The van der Waals surface area contributed by atoms with Gasteiger partial charge in [0.25, 0.3) is 0 Å². The van der Waals surface area contributed by atoms with Crippen LogP contribution in [0.2, 0.25) is 0 Å². The molecule has 0 atom stereocenters. The number of nitriles is 1. The van der Waals surface area contributed by atoms with E-state index in [2.05, 4.69) is 71.7 Å². The molecule has 0 aliphatic carbocycles. The van der Waals surface area contributed by atoms with Crippen LogP contribution < -0.4 is 27.2 Å². The molecule has 0 unspecified atom stereocenters. The van der Waals surface area contributed by atoms with Gasteiger partial charge >= 0.3 is 0 Å². The summed E-state index contributed by atoms with van der Waals surface area (Å²) in [5.74, 6) is 1.41. The third-order valence-corrected chi connectivity index (χ3v) is 5.09. The molecule has 0 spiro atoms. The first-order chi connectivity index (χ1) is 16.3. The van der Waals surface area contributed by atoms with E-state index in [9.17, 15) is 0 Å². The van der Waals surface area contributed by atoms with Gasteiger partial charge in [0, 0.05) is 24.2 Å². The number of hydrazone groups is 2. The molecule has 5 rings (SSSR count). The number of aliphatic imine (C=N–C) groups is 2. The van der Waals surface area contributed by atoms with Crippen LogP contribution in [0.1, 0.15) is 11.1 Å². The van der Waals surface area contributed by atoms with E-state index >= 15 is 0 Å². The second-order valence-corrected chi connectivity index (χ2v) is 7.10. The molecule has 2 aliphatic rings. The lowest BCUT2D eigenvalue weighted by Gasteiger charge is -2.12. The summed E-state index contributed by atoms with van der Waals surface area (Å²) in [6.45, 7) is 3.23. The lowest BCUT2D eigenvalue weighted by Crippen LogP contribution is -2.30. The van der Waals surface area contributed by atoms with Gasteiger partial charge in [0.2, 0.25) is 11.9 Å². The van der Waals surface area contributed by atoms with E-state index in [4.69, 9.17) is 5.26 Å². The summed E-state index contributed by atoms with van der Waals surface area (Å²) >= 11 is 0. The van der Waals surface area contributed by atoms with Gasteiger partial charge < -0.3 is 16.4 Å². The Kier molecular flexibility index (Phi) is 10.6. The van der Waals surface area contributed by atoms with E-state index in [1.807, 2.05) is 36.7 Å². The topological polar surface area (TPSA) is 147 Å². The lowest BCUT2D eigenvalue weighted by atomic mass is 9.92. The Labute approximate surface area is 215 Å². The highest BCUT2D eigenvalue weighted by molar-refractivity contribution is 6.21. The van der Waals surface area contributed by atoms with Crippen molar-refractivity contribution in [3.63, 3.8) is 0 Å². The molecule has 182 valence electrons. The molecule has 0 saturated carbocycles. The molecule has 6 N–H and O–H groups in total. The molecule has 3 aromatic carbocycles. The molecule has 0 radical (unpaired) electrons. The molecule has 10 nitrogen and oxygen atoms in total. The van der Waals surface area contributed by atoms with Gasteiger partial charge in [0.1, 0.15) is 0 Å². The van der Waals surface area contributed by atoms with Crippen molar-refractivity contribution in [2.75, 3.05) is 26.2 Å². The maximum atomic E-state index is 7.10. The van der Waals surface area contributed by atoms with Gasteiger partial charge in [-0.1, -0.05) is 48.5 Å². The number of nitrogens with two attached hydrogens (primary N) is 1. The molecule has 12 heteroatoms. The fraction of sp³-hybridized carbons (Fsp3) is 0.174. The number of hydrogen-bond acceptors (Lipinski definition) is 10. The van der Waals surface area contributed by atoms with Gasteiger partial charge in [-0.2, -0.15) is 15.5 Å². The summed E-state index contributed by atoms with van der Waals surface area (Å²) in [6, 6.07) is 16.6. The van der Waals surface area contributed by atoms with Crippen LogP contribution in [-0.2, 0) is 0 Å². The normalized spacial score (nSPS) is 14.0. The molecular formula is C23H26Cl2N10. The van der Waals surface area contributed by atoms with Crippen molar-refractivity contribution in [3.8, 4) is 6.19 Å². The van der Waals surface area contributed by atoms with Crippen molar-refractivity contribution >= 4 is 70.7 Å². The fourth-order valence-corrected chi connectivity index (χ4v) is 3.74. The van der Waals surface area contributed by atoms with Gasteiger partial charge in [-0.15, -0.1) is 24.8 Å². The molecule has 35 heavy (non-hydrogen) atoms. The predicted octanol–water partition coefficient (Wildman–Crippen LogP) is 2.03. The van der Waals surface area contributed by atoms with Gasteiger partial charge in [0.15, 0.2) is 6.19 Å². The van der Waals surface area contributed by atoms with E-state index in [1.165, 1.54) is 6.19 Å². The molecule has 2 aliphatic heterocycles. The minimum atomic E-state index is 0. The first-order valence-electron chi connectivity index (χ1n) is 10.5. The highest BCUT2D eigenvalue weighted by Crippen LogP contribution is 2.31. The summed E-state index contributed by atoms with van der Waals surface area (Å²) in [5, 5.41) is 26.7. The average Bonchev–Trinajstić information content (AvgIpc) is 3.55. The van der Waals surface area contributed by atoms with Crippen molar-refractivity contribution in [2.45, 2.75) is 0 Å². The number of fused-ring (bicyclic) bond motifs is 2. The standard InChI is InChI=1S/C22H22N8.CH2N2.2ClH/c1-2-6-16-15(5-1)19(13-27-29-21-23-9-10-24-21)17-7-3-4-8-18(17)20(16)14-28-30-22-25-11-12-26-22;2-1-3;;/h1-8,13-14H,9-12H2,(H2,23,24,29)(H2,25,26,30);2H2;2*1H/b27-13-,28-14-;;;. The van der Waals surface area contributed by atoms with Crippen LogP contribution in [0.3, 0.4) is 0 Å². The van der Waals surface area contributed by atoms with Crippen LogP contribution >= 0.6 is 24.8 Å². The largest absolute Gasteiger partial charge is 0.353 e. The first kappa shape index (κ1) is 27.2. The summed E-state index contributed by atoms with van der Waals surface area (Å²) < 4.78 is 0. The first-order valence-corrected chi connectivity index (χ1v) is 10.5. The van der Waals surface area contributed by atoms with Crippen LogP contribution in [0.4, 0.5) is 0 Å². The third kappa shape index (κ3) is 6.50. The summed E-state index contributed by atoms with van der Waals surface area (Å²) in [6.07, 6.45) is 4.98. The fourth-order valence-electron chi connectivity index (χ4n) is 3.74. The molecule has 0 saturated heterocycles. The van der Waals surface area contributed by atoms with Gasteiger partial charge in [-0.3, -0.25) is 0 Å². The zero-order valence-electron chi connectivity index (χ0n) is 18.7. The Balaban J connectivity index is 0.000000823. The van der Waals surface area contributed by atoms with E-state index in [1.54, 1.807) is 0 Å². The minimum Gasteiger partial charge on any atom is -0.353 e. The van der Waals surface area contributed by atoms with Gasteiger partial charge in [-0.05, 0) is 21.5 Å². The van der Waals surface area contributed by atoms with E-state index in [0.29, 0.717) is 11.9 Å². The highest BCUT2D eigenvalue weighted by atomic mass is 35.5. The third-order valence-electron chi connectivity index (χ3n) is 5.09. The van der Waals surface area contributed by atoms with Crippen LogP contribution in [0.25, 0.3) is 21.5 Å². The Hall–Kier alpha value is -4.07. The molecule has 2 heterocycles. The number of benzene rings is 3. The zero-order valence-corrected chi connectivity index (χ0v) is 20.4. The lowest BCUT2D eigenvalue weighted by molar-refractivity contribution is 0.920. The molecule has 0 bridgehead atoms. The van der Waals surface area contributed by atoms with Gasteiger partial charge in [0.05, 0.1) is 25.5 Å². The van der Waals surface area contributed by atoms with E-state index in [-0.39, 0.29) is 24.8 Å². The number of guanidine groups is 2. The van der Waals surface area contributed by atoms with Crippen LogP contribution in [0.15, 0.2) is 68.7 Å². The molecule has 0 aromatic heterocycles. The van der Waals surface area contributed by atoms with Crippen LogP contribution in [-0.4, -0.2) is 50.5 Å². The van der Waals surface area contributed by atoms with Crippen molar-refractivity contribution in [3.05, 3.63) is 59.7 Å². The van der Waals surface area contributed by atoms with Crippen molar-refractivity contribution in [2.24, 2.45) is 25.9 Å². The minimum absolute atomic E-state index is 0. The van der Waals surface area contributed by atoms with Gasteiger partial charge in [-0.25, -0.2) is 20.8 Å². The summed E-state index contributed by atoms with van der Waals surface area (Å²) in [7, 11) is 0. The Morgan fingerprint density at radius 3 is 1.40 bits per heavy atom. The molecule has 0 fully saturated rings. The quantitative estimate of drug-likeness (QED) is 0.119. The number of hydrogen-bond donors (Lipinski definition) is 5. The second-order valence-electron chi connectivity index (χ2n) is 7.10. The molecular weight excluding hydrogens is 487 g/mol. The highest BCUT2D eigenvalue weighted by Gasteiger charge is 2.12. The summed E-state index contributed by atoms with van der Waals surface area (Å²) in [4.78, 5) is 8.63.